The molecule has 0 radical (unpaired) electrons. The molecule has 262 valence electrons. The Kier molecular flexibility index (Phi) is 11.7. The smallest absolute Gasteiger partial charge is 0.264 e. The first-order valence-electron chi connectivity index (χ1n) is 17.6. The zero-order valence-corrected chi connectivity index (χ0v) is 29.8. The Hall–Kier alpha value is -2.63. The number of carbonyl (C=O) groups is 1. The molecule has 3 aliphatic heterocycles. The van der Waals surface area contributed by atoms with E-state index in [2.05, 4.69) is 26.7 Å². The number of halogens is 1. The van der Waals surface area contributed by atoms with E-state index in [9.17, 15) is 13.2 Å². The highest BCUT2D eigenvalue weighted by atomic mass is 35.5. The molecule has 2 aromatic rings. The molecule has 1 saturated heterocycles. The summed E-state index contributed by atoms with van der Waals surface area (Å²) in [6.45, 7) is 10.5. The molecule has 4 aliphatic rings. The minimum absolute atomic E-state index is 0.00327. The van der Waals surface area contributed by atoms with Gasteiger partial charge in [-0.05, 0) is 105 Å². The van der Waals surface area contributed by atoms with E-state index in [1.54, 1.807) is 13.0 Å². The second kappa shape index (κ2) is 15.9. The number of benzene rings is 2. The first-order chi connectivity index (χ1) is 23.2. The molecule has 5 atom stereocenters. The minimum atomic E-state index is -3.90. The van der Waals surface area contributed by atoms with Crippen LogP contribution in [0.15, 0.2) is 48.6 Å². The first-order valence-corrected chi connectivity index (χ1v) is 19.5. The molecule has 0 unspecified atom stereocenters. The van der Waals surface area contributed by atoms with Crippen molar-refractivity contribution in [2.24, 2.45) is 17.8 Å². The molecule has 2 aromatic carbocycles. The third kappa shape index (κ3) is 8.74. The summed E-state index contributed by atoms with van der Waals surface area (Å²) < 4.78 is 47.7. The van der Waals surface area contributed by atoms with Crippen LogP contribution in [-0.4, -0.2) is 83.1 Å². The fourth-order valence-electron chi connectivity index (χ4n) is 7.40. The van der Waals surface area contributed by atoms with Crippen LogP contribution in [0.25, 0.3) is 0 Å². The van der Waals surface area contributed by atoms with Crippen LogP contribution in [0.3, 0.4) is 0 Å². The maximum absolute atomic E-state index is 13.4. The molecule has 2 fully saturated rings. The molecule has 2 bridgehead atoms. The summed E-state index contributed by atoms with van der Waals surface area (Å²) in [6.07, 6.45) is 9.63. The van der Waals surface area contributed by atoms with E-state index in [1.165, 1.54) is 5.56 Å². The van der Waals surface area contributed by atoms with E-state index < -0.39 is 21.2 Å². The number of allylic oxidation sites excluding steroid dienone is 1. The fraction of sp³-hybridized carbons (Fsp3) is 0.595. The van der Waals surface area contributed by atoms with Crippen molar-refractivity contribution in [2.75, 3.05) is 57.4 Å². The molecule has 48 heavy (non-hydrogen) atoms. The van der Waals surface area contributed by atoms with Crippen molar-refractivity contribution in [3.05, 3.63) is 70.3 Å². The standard InChI is InChI=1S/C37H50ClN3O6S/c1-26-6-12-35(46-20-17-40-15-18-45-19-16-40)33-11-8-30(33)24-41-14-4-3-5-28-22-32(38)10-7-31(28)25-47-36-13-9-29(23-34(36)41)37(42)39-48(43,44)27(2)21-26/h6-7,9-10,12-13,22-23,26-27,30,33,35H,3-5,8,11,14-21,24-25H2,1-2H3,(H,39,42)/b12-6+/t26-,27+,30-,33+,35-/m0/s1. The molecule has 9 nitrogen and oxygen atoms in total. The summed E-state index contributed by atoms with van der Waals surface area (Å²) in [7, 11) is -3.90. The molecule has 11 heteroatoms. The fourth-order valence-corrected chi connectivity index (χ4v) is 8.73. The zero-order chi connectivity index (χ0) is 33.7. The summed E-state index contributed by atoms with van der Waals surface area (Å²) in [5.41, 5.74) is 3.40. The van der Waals surface area contributed by atoms with Crippen molar-refractivity contribution in [3.63, 3.8) is 0 Å². The molecule has 0 aromatic heterocycles. The predicted molar refractivity (Wildman–Crippen MR) is 189 cm³/mol. The Morgan fingerprint density at radius 3 is 2.62 bits per heavy atom. The van der Waals surface area contributed by atoms with E-state index >= 15 is 0 Å². The average Bonchev–Trinajstić information content (AvgIpc) is 3.08. The van der Waals surface area contributed by atoms with Crippen LogP contribution in [0.5, 0.6) is 5.75 Å². The number of anilines is 1. The highest BCUT2D eigenvalue weighted by Crippen LogP contribution is 2.42. The Balaban J connectivity index is 1.31. The maximum Gasteiger partial charge on any atom is 0.264 e. The van der Waals surface area contributed by atoms with Crippen LogP contribution in [0, 0.1) is 17.8 Å². The van der Waals surface area contributed by atoms with Crippen LogP contribution in [-0.2, 0) is 32.5 Å². The van der Waals surface area contributed by atoms with Gasteiger partial charge in [-0.1, -0.05) is 36.7 Å². The summed E-state index contributed by atoms with van der Waals surface area (Å²) >= 11 is 6.36. The number of morpholine rings is 1. The number of carbonyl (C=O) groups excluding carboxylic acids is 1. The SMILES string of the molecule is C[C@@H]1C[C@@H](C)/C=C/[C@H](OCCN2CCOCC2)[C@@H]2CC[C@H]2CN2CCCCc3cc(Cl)ccc3COc3ccc(cc32)C(=O)NS1(=O)=O. The molecular weight excluding hydrogens is 650 g/mol. The second-order valence-electron chi connectivity index (χ2n) is 14.0. The third-order valence-electron chi connectivity index (χ3n) is 10.5. The van der Waals surface area contributed by atoms with Gasteiger partial charge in [0.2, 0.25) is 10.0 Å². The summed E-state index contributed by atoms with van der Waals surface area (Å²) in [5.74, 6) is 0.792. The number of hydrogen-bond donors (Lipinski definition) is 1. The van der Waals surface area contributed by atoms with Crippen molar-refractivity contribution in [1.29, 1.82) is 0 Å². The molecule has 1 N–H and O–H groups in total. The van der Waals surface area contributed by atoms with E-state index in [0.717, 1.165) is 94.3 Å². The van der Waals surface area contributed by atoms with Gasteiger partial charge in [0, 0.05) is 43.3 Å². The molecule has 3 heterocycles. The van der Waals surface area contributed by atoms with E-state index in [1.807, 2.05) is 37.3 Å². The van der Waals surface area contributed by atoms with Gasteiger partial charge in [-0.3, -0.25) is 9.69 Å². The monoisotopic (exact) mass is 699 g/mol. The van der Waals surface area contributed by atoms with Gasteiger partial charge < -0.3 is 19.1 Å². The second-order valence-corrected chi connectivity index (χ2v) is 16.5. The number of hydrogen-bond acceptors (Lipinski definition) is 8. The minimum Gasteiger partial charge on any atom is -0.487 e. The topological polar surface area (TPSA) is 97.4 Å². The lowest BCUT2D eigenvalue weighted by atomic mass is 9.70. The van der Waals surface area contributed by atoms with Crippen molar-refractivity contribution in [2.45, 2.75) is 70.3 Å². The molecule has 1 aliphatic carbocycles. The summed E-state index contributed by atoms with van der Waals surface area (Å²) in [4.78, 5) is 18.2. The molecule has 1 amide bonds. The Morgan fingerprint density at radius 1 is 1.00 bits per heavy atom. The quantitative estimate of drug-likeness (QED) is 0.398. The lowest BCUT2D eigenvalue weighted by molar-refractivity contribution is -0.0314. The Bertz CT molecular complexity index is 1560. The van der Waals surface area contributed by atoms with Gasteiger partial charge in [-0.2, -0.15) is 0 Å². The number of fused-ring (bicyclic) bond motifs is 3. The van der Waals surface area contributed by atoms with E-state index in [0.29, 0.717) is 42.8 Å². The normalized spacial score (nSPS) is 29.2. The Morgan fingerprint density at radius 2 is 1.83 bits per heavy atom. The first kappa shape index (κ1) is 35.2. The maximum atomic E-state index is 13.4. The molecule has 1 saturated carbocycles. The third-order valence-corrected chi connectivity index (χ3v) is 12.5. The van der Waals surface area contributed by atoms with Crippen LogP contribution in [0.4, 0.5) is 5.69 Å². The van der Waals surface area contributed by atoms with Crippen molar-refractivity contribution >= 4 is 33.2 Å². The van der Waals surface area contributed by atoms with Gasteiger partial charge in [0.25, 0.3) is 5.91 Å². The Labute approximate surface area is 291 Å². The van der Waals surface area contributed by atoms with Crippen molar-refractivity contribution in [3.8, 4) is 5.75 Å². The lowest BCUT2D eigenvalue weighted by Gasteiger charge is -2.44. The number of aryl methyl sites for hydroxylation is 1. The number of rotatable bonds is 4. The predicted octanol–water partition coefficient (Wildman–Crippen LogP) is 5.85. The van der Waals surface area contributed by atoms with Gasteiger partial charge in [0.1, 0.15) is 12.4 Å². The van der Waals surface area contributed by atoms with Gasteiger partial charge in [-0.25, -0.2) is 13.1 Å². The number of sulfonamides is 1. The van der Waals surface area contributed by atoms with Crippen LogP contribution in [0.1, 0.15) is 67.4 Å². The van der Waals surface area contributed by atoms with Crippen molar-refractivity contribution in [1.82, 2.24) is 9.62 Å². The van der Waals surface area contributed by atoms with Crippen molar-refractivity contribution < 1.29 is 27.4 Å². The number of ether oxygens (including phenoxy) is 3. The number of nitrogens with one attached hydrogen (secondary N) is 1. The molecular formula is C37H50ClN3O6S. The van der Waals surface area contributed by atoms with Gasteiger partial charge in [0.15, 0.2) is 0 Å². The molecule has 0 spiro atoms. The zero-order valence-electron chi connectivity index (χ0n) is 28.2. The van der Waals surface area contributed by atoms with Gasteiger partial charge in [0.05, 0.1) is 36.9 Å². The summed E-state index contributed by atoms with van der Waals surface area (Å²) in [6, 6.07) is 11.2. The average molecular weight is 700 g/mol. The van der Waals surface area contributed by atoms with Crippen LogP contribution >= 0.6 is 11.6 Å². The van der Waals surface area contributed by atoms with Crippen LogP contribution in [0.2, 0.25) is 5.02 Å². The van der Waals surface area contributed by atoms with Crippen LogP contribution < -0.4 is 14.4 Å². The highest BCUT2D eigenvalue weighted by Gasteiger charge is 2.38. The largest absolute Gasteiger partial charge is 0.487 e. The van der Waals surface area contributed by atoms with Gasteiger partial charge >= 0.3 is 0 Å². The summed E-state index contributed by atoms with van der Waals surface area (Å²) in [5, 5.41) is -0.0318. The van der Waals surface area contributed by atoms with E-state index in [4.69, 9.17) is 25.8 Å². The molecule has 6 rings (SSSR count). The van der Waals surface area contributed by atoms with Gasteiger partial charge in [-0.15, -0.1) is 0 Å². The highest BCUT2D eigenvalue weighted by molar-refractivity contribution is 7.90. The lowest BCUT2D eigenvalue weighted by Crippen LogP contribution is -2.45. The number of amides is 1. The number of nitrogens with zero attached hydrogens (tertiary/aromatic N) is 2. The van der Waals surface area contributed by atoms with E-state index in [-0.39, 0.29) is 12.0 Å².